The van der Waals surface area contributed by atoms with Gasteiger partial charge in [-0.05, 0) is 35.4 Å². The van der Waals surface area contributed by atoms with Gasteiger partial charge in [-0.15, -0.1) is 11.3 Å². The number of benzene rings is 2. The number of rotatable bonds is 6. The smallest absolute Gasteiger partial charge is 0.437 e. The van der Waals surface area contributed by atoms with Gasteiger partial charge in [-0.2, -0.15) is 0 Å². The fourth-order valence-corrected chi connectivity index (χ4v) is 3.92. The van der Waals surface area contributed by atoms with E-state index < -0.39 is 5.63 Å². The summed E-state index contributed by atoms with van der Waals surface area (Å²) in [7, 11) is 0. The van der Waals surface area contributed by atoms with Crippen molar-refractivity contribution in [1.29, 1.82) is 0 Å². The molecule has 0 spiro atoms. The Labute approximate surface area is 185 Å². The normalized spacial score (nSPS) is 10.9. The van der Waals surface area contributed by atoms with Crippen LogP contribution in [0.25, 0.3) is 17.1 Å². The molecule has 158 valence electrons. The lowest BCUT2D eigenvalue weighted by atomic mass is 10.1. The average molecular weight is 458 g/mol. The van der Waals surface area contributed by atoms with Crippen LogP contribution in [0.4, 0.5) is 5.13 Å². The fraction of sp³-hybridized carbons (Fsp3) is 0.143. The van der Waals surface area contributed by atoms with E-state index in [0.717, 1.165) is 5.56 Å². The molecule has 0 saturated carbocycles. The van der Waals surface area contributed by atoms with Crippen molar-refractivity contribution in [2.45, 2.75) is 20.4 Å². The SMILES string of the molecule is CC(=O)c1cccc(CNc2nc(-c3c(=O)o[nH][n+]3-c3ccc(C)c(Cl)c3)cs2)c1O. The fourth-order valence-electron chi connectivity index (χ4n) is 3.05. The molecule has 8 nitrogen and oxygen atoms in total. The largest absolute Gasteiger partial charge is 0.507 e. The first-order valence-corrected chi connectivity index (χ1v) is 10.5. The van der Waals surface area contributed by atoms with Gasteiger partial charge in [0.2, 0.25) is 5.69 Å². The molecule has 0 radical (unpaired) electrons. The van der Waals surface area contributed by atoms with Crippen LogP contribution in [-0.2, 0) is 6.54 Å². The molecule has 2 aromatic carbocycles. The van der Waals surface area contributed by atoms with Crippen molar-refractivity contribution < 1.29 is 19.1 Å². The minimum absolute atomic E-state index is 0.0559. The molecule has 0 aliphatic carbocycles. The number of hydrogen-bond donors (Lipinski definition) is 3. The second-order valence-corrected chi connectivity index (χ2v) is 8.12. The highest BCUT2D eigenvalue weighted by Gasteiger charge is 2.28. The monoisotopic (exact) mass is 457 g/mol. The molecule has 0 atom stereocenters. The molecule has 3 N–H and O–H groups in total. The molecule has 0 fully saturated rings. The van der Waals surface area contributed by atoms with E-state index in [2.05, 4.69) is 15.6 Å². The number of H-pyrrole nitrogens is 1. The predicted molar refractivity (Wildman–Crippen MR) is 117 cm³/mol. The van der Waals surface area contributed by atoms with Crippen LogP contribution in [0.5, 0.6) is 5.75 Å². The van der Waals surface area contributed by atoms with Gasteiger partial charge in [0.15, 0.2) is 16.6 Å². The molecule has 0 aliphatic rings. The van der Waals surface area contributed by atoms with Crippen molar-refractivity contribution in [2.24, 2.45) is 0 Å². The van der Waals surface area contributed by atoms with Crippen LogP contribution >= 0.6 is 22.9 Å². The number of para-hydroxylation sites is 1. The van der Waals surface area contributed by atoms with Crippen LogP contribution in [-0.4, -0.2) is 21.1 Å². The summed E-state index contributed by atoms with van der Waals surface area (Å²) >= 11 is 7.51. The number of ketones is 1. The van der Waals surface area contributed by atoms with Gasteiger partial charge in [-0.25, -0.2) is 9.78 Å². The third-order valence-electron chi connectivity index (χ3n) is 4.74. The van der Waals surface area contributed by atoms with E-state index in [0.29, 0.717) is 27.1 Å². The van der Waals surface area contributed by atoms with Gasteiger partial charge in [0.25, 0.3) is 0 Å². The topological polar surface area (TPSA) is 112 Å². The summed E-state index contributed by atoms with van der Waals surface area (Å²) in [4.78, 5) is 28.4. The Hall–Kier alpha value is -3.43. The number of carbonyl (C=O) groups excluding carboxylic acids is 1. The highest BCUT2D eigenvalue weighted by atomic mass is 35.5. The van der Waals surface area contributed by atoms with Crippen LogP contribution < -0.4 is 15.6 Å². The molecule has 31 heavy (non-hydrogen) atoms. The van der Waals surface area contributed by atoms with Crippen LogP contribution in [0.15, 0.2) is 51.1 Å². The minimum atomic E-state index is -0.569. The molecule has 0 bridgehead atoms. The van der Waals surface area contributed by atoms with Gasteiger partial charge in [-0.3, -0.25) is 9.32 Å². The summed E-state index contributed by atoms with van der Waals surface area (Å²) in [5.74, 6) is -0.268. The third kappa shape index (κ3) is 4.10. The molecule has 4 rings (SSSR count). The van der Waals surface area contributed by atoms with Crippen LogP contribution in [0.2, 0.25) is 5.02 Å². The molecule has 10 heteroatoms. The number of phenols is 1. The quantitative estimate of drug-likeness (QED) is 0.299. The van der Waals surface area contributed by atoms with Gasteiger partial charge in [0.1, 0.15) is 5.75 Å². The first-order chi connectivity index (χ1) is 14.8. The first kappa shape index (κ1) is 20.8. The summed E-state index contributed by atoms with van der Waals surface area (Å²) in [6, 6.07) is 10.4. The summed E-state index contributed by atoms with van der Waals surface area (Å²) < 4.78 is 6.46. The zero-order valence-corrected chi connectivity index (χ0v) is 18.2. The Balaban J connectivity index is 1.60. The summed E-state index contributed by atoms with van der Waals surface area (Å²) in [5, 5.41) is 18.8. The number of aryl methyl sites for hydroxylation is 1. The number of aromatic amines is 1. The Morgan fingerprint density at radius 1 is 1.35 bits per heavy atom. The standard InChI is InChI=1S/C21H17ClN4O4S/c1-11-6-7-14(8-16(11)22)26-18(20(29)30-25-26)17-10-31-21(24-17)23-9-13-4-3-5-15(12(2)27)19(13)28/h3-8,10H,9H2,1-2H3,(H2-,23,24,25,27,28,29)/p+1. The van der Waals surface area contributed by atoms with Gasteiger partial charge in [0.05, 0.1) is 10.6 Å². The maximum Gasteiger partial charge on any atom is 0.437 e. The number of carbonyl (C=O) groups is 1. The number of hydrogen-bond acceptors (Lipinski definition) is 7. The Kier molecular flexibility index (Phi) is 5.62. The molecular formula is C21H18ClN4O4S+. The lowest BCUT2D eigenvalue weighted by Gasteiger charge is -2.08. The maximum atomic E-state index is 12.3. The summed E-state index contributed by atoms with van der Waals surface area (Å²) in [6.07, 6.45) is 0. The molecule has 2 heterocycles. The van der Waals surface area contributed by atoms with Crippen molar-refractivity contribution in [3.05, 3.63) is 73.9 Å². The minimum Gasteiger partial charge on any atom is -0.507 e. The van der Waals surface area contributed by atoms with E-state index in [4.69, 9.17) is 16.1 Å². The van der Waals surface area contributed by atoms with Crippen LogP contribution in [0.3, 0.4) is 0 Å². The molecular weight excluding hydrogens is 440 g/mol. The van der Waals surface area contributed by atoms with Gasteiger partial charge >= 0.3 is 11.3 Å². The van der Waals surface area contributed by atoms with Gasteiger partial charge in [-0.1, -0.05) is 29.8 Å². The molecule has 0 saturated heterocycles. The van der Waals surface area contributed by atoms with Crippen molar-refractivity contribution in [3.8, 4) is 22.8 Å². The van der Waals surface area contributed by atoms with Crippen molar-refractivity contribution in [3.63, 3.8) is 0 Å². The van der Waals surface area contributed by atoms with Crippen LogP contribution in [0, 0.1) is 6.92 Å². The maximum absolute atomic E-state index is 12.3. The number of Topliss-reactive ketones (excluding diaryl/α,β-unsaturated/α-hetero) is 1. The van der Waals surface area contributed by atoms with Crippen molar-refractivity contribution in [2.75, 3.05) is 5.32 Å². The molecule has 0 aliphatic heterocycles. The van der Waals surface area contributed by atoms with E-state index >= 15 is 0 Å². The first-order valence-electron chi connectivity index (χ1n) is 9.26. The highest BCUT2D eigenvalue weighted by molar-refractivity contribution is 7.14. The van der Waals surface area contributed by atoms with Gasteiger partial charge in [0, 0.05) is 29.6 Å². The lowest BCUT2D eigenvalue weighted by molar-refractivity contribution is -0.660. The molecule has 0 amide bonds. The second kappa shape index (κ2) is 8.37. The number of aromatic hydroxyl groups is 1. The average Bonchev–Trinajstić information content (AvgIpc) is 3.35. The Morgan fingerprint density at radius 3 is 2.90 bits per heavy atom. The zero-order valence-electron chi connectivity index (χ0n) is 16.6. The van der Waals surface area contributed by atoms with E-state index in [-0.39, 0.29) is 29.3 Å². The Bertz CT molecular complexity index is 1340. The van der Waals surface area contributed by atoms with Crippen LogP contribution in [0.1, 0.15) is 28.4 Å². The number of thiazole rings is 1. The Morgan fingerprint density at radius 2 is 2.16 bits per heavy atom. The van der Waals surface area contributed by atoms with Gasteiger partial charge < -0.3 is 10.4 Å². The lowest BCUT2D eigenvalue weighted by Crippen LogP contribution is -2.36. The number of halogens is 1. The summed E-state index contributed by atoms with van der Waals surface area (Å²) in [6.45, 7) is 3.55. The van der Waals surface area contributed by atoms with E-state index in [1.54, 1.807) is 29.6 Å². The van der Waals surface area contributed by atoms with E-state index in [1.807, 2.05) is 19.1 Å². The summed E-state index contributed by atoms with van der Waals surface area (Å²) in [5.41, 5.74) is 2.45. The number of aromatic nitrogens is 3. The van der Waals surface area contributed by atoms with Crippen molar-refractivity contribution in [1.82, 2.24) is 10.3 Å². The third-order valence-corrected chi connectivity index (χ3v) is 5.94. The zero-order chi connectivity index (χ0) is 22.1. The molecule has 0 unspecified atom stereocenters. The van der Waals surface area contributed by atoms with E-state index in [1.165, 1.54) is 22.9 Å². The molecule has 4 aromatic rings. The number of nitrogens with zero attached hydrogens (tertiary/aromatic N) is 2. The van der Waals surface area contributed by atoms with E-state index in [9.17, 15) is 14.7 Å². The highest BCUT2D eigenvalue weighted by Crippen LogP contribution is 2.26. The predicted octanol–water partition coefficient (Wildman–Crippen LogP) is 3.85. The molecule has 2 aromatic heterocycles. The second-order valence-electron chi connectivity index (χ2n) is 6.86. The number of phenolic OH excluding ortho intramolecular Hbond substituents is 1. The van der Waals surface area contributed by atoms with Crippen molar-refractivity contribution >= 4 is 33.9 Å². The number of anilines is 1. The number of nitrogens with one attached hydrogen (secondary N) is 2.